The molecule has 3 rings (SSSR count). The van der Waals surface area contributed by atoms with Crippen LogP contribution in [0.15, 0.2) is 24.3 Å². The zero-order valence-electron chi connectivity index (χ0n) is 16.5. The topological polar surface area (TPSA) is 9.23 Å². The molecule has 2 unspecified atom stereocenters. The standard InChI is InChI=1S/C24H38O/c1-3-5-24-17-16-23(18-25-24)22-14-12-21(13-15-22)11-10-20-8-6-19(4-2)7-9-20/h6-9,21-24H,3-5,10-18H2,1-2H3. The quantitative estimate of drug-likeness (QED) is 0.543. The summed E-state index contributed by atoms with van der Waals surface area (Å²) in [6, 6.07) is 9.30. The smallest absolute Gasteiger partial charge is 0.0575 e. The Hall–Kier alpha value is -0.820. The number of ether oxygens (including phenoxy) is 1. The van der Waals surface area contributed by atoms with Gasteiger partial charge < -0.3 is 4.74 Å². The van der Waals surface area contributed by atoms with Gasteiger partial charge in [0.15, 0.2) is 0 Å². The van der Waals surface area contributed by atoms with Gasteiger partial charge in [-0.2, -0.15) is 0 Å². The van der Waals surface area contributed by atoms with Crippen LogP contribution in [-0.4, -0.2) is 12.7 Å². The van der Waals surface area contributed by atoms with E-state index in [1.165, 1.54) is 75.3 Å². The lowest BCUT2D eigenvalue weighted by molar-refractivity contribution is -0.0421. The van der Waals surface area contributed by atoms with E-state index in [4.69, 9.17) is 4.74 Å². The van der Waals surface area contributed by atoms with Gasteiger partial charge in [-0.15, -0.1) is 0 Å². The monoisotopic (exact) mass is 342 g/mol. The molecule has 25 heavy (non-hydrogen) atoms. The van der Waals surface area contributed by atoms with Crippen LogP contribution in [-0.2, 0) is 17.6 Å². The van der Waals surface area contributed by atoms with Gasteiger partial charge in [0, 0.05) is 0 Å². The van der Waals surface area contributed by atoms with Crippen molar-refractivity contribution in [1.29, 1.82) is 0 Å². The van der Waals surface area contributed by atoms with Crippen molar-refractivity contribution >= 4 is 0 Å². The van der Waals surface area contributed by atoms with Crippen LogP contribution in [0.3, 0.4) is 0 Å². The van der Waals surface area contributed by atoms with E-state index in [1.807, 2.05) is 0 Å². The summed E-state index contributed by atoms with van der Waals surface area (Å²) in [5.74, 6) is 2.76. The van der Waals surface area contributed by atoms with Crippen molar-refractivity contribution in [3.05, 3.63) is 35.4 Å². The Morgan fingerprint density at radius 3 is 2.08 bits per heavy atom. The van der Waals surface area contributed by atoms with E-state index in [9.17, 15) is 0 Å². The molecule has 1 aliphatic heterocycles. The van der Waals surface area contributed by atoms with E-state index >= 15 is 0 Å². The molecular weight excluding hydrogens is 304 g/mol. The van der Waals surface area contributed by atoms with E-state index in [0.717, 1.165) is 30.8 Å². The highest BCUT2D eigenvalue weighted by Crippen LogP contribution is 2.39. The molecule has 1 aromatic rings. The van der Waals surface area contributed by atoms with Crippen molar-refractivity contribution in [2.24, 2.45) is 17.8 Å². The lowest BCUT2D eigenvalue weighted by Crippen LogP contribution is -2.32. The highest BCUT2D eigenvalue weighted by atomic mass is 16.5. The highest BCUT2D eigenvalue weighted by Gasteiger charge is 2.31. The van der Waals surface area contributed by atoms with E-state index in [1.54, 1.807) is 0 Å². The number of aryl methyl sites for hydroxylation is 2. The zero-order chi connectivity index (χ0) is 17.5. The summed E-state index contributed by atoms with van der Waals surface area (Å²) in [6.45, 7) is 5.55. The predicted molar refractivity (Wildman–Crippen MR) is 107 cm³/mol. The first-order valence-corrected chi connectivity index (χ1v) is 11.0. The molecule has 1 saturated heterocycles. The Kier molecular flexibility index (Phi) is 7.40. The molecule has 1 aromatic carbocycles. The average molecular weight is 343 g/mol. The second-order valence-electron chi connectivity index (χ2n) is 8.57. The SMILES string of the molecule is CCCC1CCC(C2CCC(CCc3ccc(CC)cc3)CC2)CO1. The number of benzene rings is 1. The molecule has 140 valence electrons. The summed E-state index contributed by atoms with van der Waals surface area (Å²) >= 11 is 0. The van der Waals surface area contributed by atoms with Crippen molar-refractivity contribution in [2.45, 2.75) is 90.6 Å². The fourth-order valence-corrected chi connectivity index (χ4v) is 5.01. The Morgan fingerprint density at radius 2 is 1.48 bits per heavy atom. The van der Waals surface area contributed by atoms with Gasteiger partial charge in [0.05, 0.1) is 12.7 Å². The van der Waals surface area contributed by atoms with E-state index in [2.05, 4.69) is 38.1 Å². The lowest BCUT2D eigenvalue weighted by atomic mass is 9.72. The van der Waals surface area contributed by atoms with Crippen molar-refractivity contribution in [3.63, 3.8) is 0 Å². The van der Waals surface area contributed by atoms with Gasteiger partial charge >= 0.3 is 0 Å². The van der Waals surface area contributed by atoms with Crippen LogP contribution in [0.5, 0.6) is 0 Å². The van der Waals surface area contributed by atoms with Gasteiger partial charge in [-0.1, -0.05) is 57.4 Å². The summed E-state index contributed by atoms with van der Waals surface area (Å²) in [5, 5.41) is 0. The summed E-state index contributed by atoms with van der Waals surface area (Å²) in [4.78, 5) is 0. The first-order valence-electron chi connectivity index (χ1n) is 11.0. The normalized spacial score (nSPS) is 30.3. The molecular formula is C24H38O. The lowest BCUT2D eigenvalue weighted by Gasteiger charge is -2.38. The summed E-state index contributed by atoms with van der Waals surface area (Å²) in [6.07, 6.45) is 15.4. The molecule has 0 spiro atoms. The molecule has 2 atom stereocenters. The Bertz CT molecular complexity index is 475. The third kappa shape index (κ3) is 5.58. The zero-order valence-corrected chi connectivity index (χ0v) is 16.5. The van der Waals surface area contributed by atoms with Crippen LogP contribution >= 0.6 is 0 Å². The maximum absolute atomic E-state index is 6.14. The second-order valence-corrected chi connectivity index (χ2v) is 8.57. The summed E-state index contributed by atoms with van der Waals surface area (Å²) in [7, 11) is 0. The van der Waals surface area contributed by atoms with Gasteiger partial charge in [0.25, 0.3) is 0 Å². The van der Waals surface area contributed by atoms with E-state index < -0.39 is 0 Å². The minimum atomic E-state index is 0.566. The van der Waals surface area contributed by atoms with E-state index in [0.29, 0.717) is 6.10 Å². The van der Waals surface area contributed by atoms with Crippen molar-refractivity contribution in [1.82, 2.24) is 0 Å². The van der Waals surface area contributed by atoms with Gasteiger partial charge in [0.1, 0.15) is 0 Å². The molecule has 2 fully saturated rings. The first-order chi connectivity index (χ1) is 12.3. The molecule has 0 N–H and O–H groups in total. The fourth-order valence-electron chi connectivity index (χ4n) is 5.01. The largest absolute Gasteiger partial charge is 0.378 e. The highest BCUT2D eigenvalue weighted by molar-refractivity contribution is 5.22. The molecule has 1 heterocycles. The number of hydrogen-bond donors (Lipinski definition) is 0. The summed E-state index contributed by atoms with van der Waals surface area (Å²) in [5.41, 5.74) is 2.99. The molecule has 0 bridgehead atoms. The minimum Gasteiger partial charge on any atom is -0.378 e. The van der Waals surface area contributed by atoms with Crippen LogP contribution in [0.25, 0.3) is 0 Å². The minimum absolute atomic E-state index is 0.566. The Balaban J connectivity index is 1.36. The maximum Gasteiger partial charge on any atom is 0.0575 e. The Morgan fingerprint density at radius 1 is 0.800 bits per heavy atom. The van der Waals surface area contributed by atoms with Gasteiger partial charge in [-0.25, -0.2) is 0 Å². The molecule has 1 aliphatic carbocycles. The fraction of sp³-hybridized carbons (Fsp3) is 0.750. The first kappa shape index (κ1) is 19.0. The summed E-state index contributed by atoms with van der Waals surface area (Å²) < 4.78 is 6.14. The van der Waals surface area contributed by atoms with E-state index in [-0.39, 0.29) is 0 Å². The van der Waals surface area contributed by atoms with Crippen LogP contribution in [0.4, 0.5) is 0 Å². The van der Waals surface area contributed by atoms with Crippen molar-refractivity contribution < 1.29 is 4.74 Å². The molecule has 0 amide bonds. The number of hydrogen-bond acceptors (Lipinski definition) is 1. The third-order valence-electron chi connectivity index (χ3n) is 6.85. The number of rotatable bonds is 7. The van der Waals surface area contributed by atoms with Crippen LogP contribution in [0, 0.1) is 17.8 Å². The maximum atomic E-state index is 6.14. The molecule has 1 heteroatoms. The van der Waals surface area contributed by atoms with Crippen molar-refractivity contribution in [3.8, 4) is 0 Å². The van der Waals surface area contributed by atoms with Crippen LogP contribution < -0.4 is 0 Å². The molecule has 0 aromatic heterocycles. The van der Waals surface area contributed by atoms with Gasteiger partial charge in [-0.05, 0) is 80.2 Å². The molecule has 1 nitrogen and oxygen atoms in total. The molecule has 1 saturated carbocycles. The average Bonchev–Trinajstić information content (AvgIpc) is 2.68. The second kappa shape index (κ2) is 9.76. The predicted octanol–water partition coefficient (Wildman–Crippen LogP) is 6.58. The van der Waals surface area contributed by atoms with Gasteiger partial charge in [0.2, 0.25) is 0 Å². The Labute approximate surface area is 155 Å². The van der Waals surface area contributed by atoms with Crippen LogP contribution in [0.2, 0.25) is 0 Å². The van der Waals surface area contributed by atoms with Gasteiger partial charge in [-0.3, -0.25) is 0 Å². The van der Waals surface area contributed by atoms with Crippen molar-refractivity contribution in [2.75, 3.05) is 6.61 Å². The third-order valence-corrected chi connectivity index (χ3v) is 6.85. The van der Waals surface area contributed by atoms with Crippen LogP contribution in [0.1, 0.15) is 82.8 Å². The molecule has 2 aliphatic rings. The molecule has 0 radical (unpaired) electrons.